The maximum atomic E-state index is 13.0. The average Bonchev–Trinajstić information content (AvgIpc) is 3.36. The van der Waals surface area contributed by atoms with Gasteiger partial charge in [-0.1, -0.05) is 42.5 Å². The number of nitrogens with two attached hydrogens (primary N) is 1. The number of aromatic nitrogens is 3. The summed E-state index contributed by atoms with van der Waals surface area (Å²) in [7, 11) is 1.90. The Morgan fingerprint density at radius 2 is 1.87 bits per heavy atom. The zero-order valence-electron chi connectivity index (χ0n) is 17.8. The van der Waals surface area contributed by atoms with Crippen molar-refractivity contribution in [1.82, 2.24) is 20.1 Å². The number of carbonyl (C=O) groups is 1. The minimum absolute atomic E-state index is 0.129. The van der Waals surface area contributed by atoms with Gasteiger partial charge in [0.25, 0.3) is 5.91 Å². The van der Waals surface area contributed by atoms with E-state index in [0.717, 1.165) is 44.3 Å². The molecule has 0 unspecified atom stereocenters. The lowest BCUT2D eigenvalue weighted by Gasteiger charge is -2.11. The van der Waals surface area contributed by atoms with Crippen molar-refractivity contribution in [2.24, 2.45) is 12.8 Å². The number of carbonyl (C=O) groups excluding carboxylic acids is 1. The van der Waals surface area contributed by atoms with Gasteiger partial charge in [-0.25, -0.2) is 4.98 Å². The summed E-state index contributed by atoms with van der Waals surface area (Å²) in [6.45, 7) is 4.90. The number of benzene rings is 2. The molecular formula is C24H25N5OS. The van der Waals surface area contributed by atoms with Crippen LogP contribution in [0.25, 0.3) is 21.8 Å². The summed E-state index contributed by atoms with van der Waals surface area (Å²) in [6, 6.07) is 15.7. The van der Waals surface area contributed by atoms with Crippen LogP contribution in [-0.4, -0.2) is 20.7 Å². The normalized spacial score (nSPS) is 11.0. The molecule has 4 rings (SSSR count). The Labute approximate surface area is 185 Å². The second-order valence-corrected chi connectivity index (χ2v) is 8.31. The van der Waals surface area contributed by atoms with Crippen LogP contribution in [0.2, 0.25) is 0 Å². The summed E-state index contributed by atoms with van der Waals surface area (Å²) in [5.74, 6) is -0.129. The minimum Gasteiger partial charge on any atom is -0.346 e. The van der Waals surface area contributed by atoms with Crippen molar-refractivity contribution in [3.05, 3.63) is 82.0 Å². The molecule has 2 aromatic heterocycles. The van der Waals surface area contributed by atoms with Crippen molar-refractivity contribution >= 4 is 17.2 Å². The second-order valence-electron chi connectivity index (χ2n) is 7.46. The molecule has 0 atom stereocenters. The molecule has 3 N–H and O–H groups in total. The van der Waals surface area contributed by atoms with E-state index in [1.807, 2.05) is 79.5 Å². The largest absolute Gasteiger partial charge is 0.346 e. The number of hydrogen-bond donors (Lipinski definition) is 2. The van der Waals surface area contributed by atoms with Crippen LogP contribution in [0.4, 0.5) is 0 Å². The van der Waals surface area contributed by atoms with Gasteiger partial charge in [0, 0.05) is 35.7 Å². The molecule has 4 aromatic rings. The molecule has 0 saturated heterocycles. The monoisotopic (exact) mass is 431 g/mol. The molecule has 0 saturated carbocycles. The lowest BCUT2D eigenvalue weighted by atomic mass is 10.0. The van der Waals surface area contributed by atoms with Gasteiger partial charge in [0.05, 0.1) is 23.6 Å². The summed E-state index contributed by atoms with van der Waals surface area (Å²) in [4.78, 5) is 17.7. The molecule has 0 radical (unpaired) electrons. The first-order valence-electron chi connectivity index (χ1n) is 10.1. The van der Waals surface area contributed by atoms with E-state index in [1.165, 1.54) is 0 Å². The lowest BCUT2D eigenvalue weighted by molar-refractivity contribution is 0.0951. The number of amides is 1. The number of nitrogens with zero attached hydrogens (tertiary/aromatic N) is 3. The highest BCUT2D eigenvalue weighted by atomic mass is 32.1. The Hall–Kier alpha value is -3.29. The first kappa shape index (κ1) is 21.0. The maximum absolute atomic E-state index is 13.0. The molecular weight excluding hydrogens is 406 g/mol. The summed E-state index contributed by atoms with van der Waals surface area (Å²) >= 11 is 1.57. The second kappa shape index (κ2) is 8.83. The van der Waals surface area contributed by atoms with Crippen molar-refractivity contribution in [3.63, 3.8) is 0 Å². The molecule has 0 spiro atoms. The van der Waals surface area contributed by atoms with E-state index in [0.29, 0.717) is 18.7 Å². The highest BCUT2D eigenvalue weighted by Gasteiger charge is 2.18. The zero-order valence-corrected chi connectivity index (χ0v) is 18.7. The molecule has 31 heavy (non-hydrogen) atoms. The van der Waals surface area contributed by atoms with E-state index in [9.17, 15) is 4.79 Å². The van der Waals surface area contributed by atoms with Crippen LogP contribution >= 0.6 is 11.3 Å². The van der Waals surface area contributed by atoms with Gasteiger partial charge in [0.15, 0.2) is 0 Å². The van der Waals surface area contributed by atoms with E-state index in [4.69, 9.17) is 5.73 Å². The van der Waals surface area contributed by atoms with E-state index in [-0.39, 0.29) is 5.91 Å². The number of rotatable bonds is 6. The van der Waals surface area contributed by atoms with Gasteiger partial charge in [-0.3, -0.25) is 9.48 Å². The van der Waals surface area contributed by atoms with Crippen molar-refractivity contribution in [1.29, 1.82) is 0 Å². The molecule has 7 heteroatoms. The quantitative estimate of drug-likeness (QED) is 0.479. The predicted octanol–water partition coefficient (Wildman–Crippen LogP) is 4.22. The van der Waals surface area contributed by atoms with E-state index >= 15 is 0 Å². The first-order valence-corrected chi connectivity index (χ1v) is 11.0. The molecule has 2 aromatic carbocycles. The summed E-state index contributed by atoms with van der Waals surface area (Å²) in [6.07, 6.45) is 0. The van der Waals surface area contributed by atoms with Crippen LogP contribution in [0.3, 0.4) is 0 Å². The molecule has 0 aliphatic carbocycles. The van der Waals surface area contributed by atoms with E-state index in [1.54, 1.807) is 11.3 Å². The molecule has 0 fully saturated rings. The highest BCUT2D eigenvalue weighted by molar-refractivity contribution is 7.13. The van der Waals surface area contributed by atoms with Crippen molar-refractivity contribution in [2.75, 3.05) is 0 Å². The predicted molar refractivity (Wildman–Crippen MR) is 125 cm³/mol. The fourth-order valence-electron chi connectivity index (χ4n) is 3.60. The summed E-state index contributed by atoms with van der Waals surface area (Å²) < 4.78 is 1.83. The van der Waals surface area contributed by atoms with Gasteiger partial charge in [-0.2, -0.15) is 5.10 Å². The number of thiazole rings is 1. The van der Waals surface area contributed by atoms with Crippen molar-refractivity contribution < 1.29 is 4.79 Å². The molecule has 1 amide bonds. The third-order valence-electron chi connectivity index (χ3n) is 5.37. The Morgan fingerprint density at radius 1 is 1.13 bits per heavy atom. The fourth-order valence-corrected chi connectivity index (χ4v) is 4.42. The molecule has 2 heterocycles. The van der Waals surface area contributed by atoms with Gasteiger partial charge in [0.1, 0.15) is 5.01 Å². The van der Waals surface area contributed by atoms with E-state index in [2.05, 4.69) is 15.4 Å². The highest BCUT2D eigenvalue weighted by Crippen LogP contribution is 2.28. The van der Waals surface area contributed by atoms with Gasteiger partial charge >= 0.3 is 0 Å². The van der Waals surface area contributed by atoms with Crippen LogP contribution < -0.4 is 11.1 Å². The zero-order chi connectivity index (χ0) is 22.0. The van der Waals surface area contributed by atoms with Crippen LogP contribution in [0.15, 0.2) is 53.9 Å². The first-order chi connectivity index (χ1) is 15.0. The number of aryl methyl sites for hydroxylation is 2. The number of hydrogen-bond acceptors (Lipinski definition) is 5. The van der Waals surface area contributed by atoms with Gasteiger partial charge in [-0.15, -0.1) is 11.3 Å². The standard InChI is InChI=1S/C24H25N5OS/c1-15-16(2)28-29(3)22(15)20-6-4-5-7-21(20)23(30)26-13-19-14-31-24(27-19)18-10-8-17(12-25)9-11-18/h4-11,14H,12-13,25H2,1-3H3,(H,26,30). The van der Waals surface area contributed by atoms with E-state index < -0.39 is 0 Å². The van der Waals surface area contributed by atoms with Crippen LogP contribution in [-0.2, 0) is 20.1 Å². The smallest absolute Gasteiger partial charge is 0.252 e. The third-order valence-corrected chi connectivity index (χ3v) is 6.31. The van der Waals surface area contributed by atoms with Crippen LogP contribution in [0, 0.1) is 13.8 Å². The van der Waals surface area contributed by atoms with Crippen molar-refractivity contribution in [2.45, 2.75) is 26.9 Å². The molecule has 158 valence electrons. The Kier molecular flexibility index (Phi) is 5.97. The SMILES string of the molecule is Cc1nn(C)c(-c2ccccc2C(=O)NCc2csc(-c3ccc(CN)cc3)n2)c1C. The fraction of sp³-hybridized carbons (Fsp3) is 0.208. The van der Waals surface area contributed by atoms with Gasteiger partial charge in [-0.05, 0) is 31.0 Å². The average molecular weight is 432 g/mol. The third kappa shape index (κ3) is 4.28. The van der Waals surface area contributed by atoms with Gasteiger partial charge in [0.2, 0.25) is 0 Å². The Bertz CT molecular complexity index is 1220. The lowest BCUT2D eigenvalue weighted by Crippen LogP contribution is -2.23. The number of nitrogens with one attached hydrogen (secondary N) is 1. The summed E-state index contributed by atoms with van der Waals surface area (Å²) in [5, 5.41) is 10.4. The molecule has 6 nitrogen and oxygen atoms in total. The molecule has 0 aliphatic heterocycles. The van der Waals surface area contributed by atoms with Gasteiger partial charge < -0.3 is 11.1 Å². The summed E-state index contributed by atoms with van der Waals surface area (Å²) in [5.41, 5.74) is 13.1. The Morgan fingerprint density at radius 3 is 2.55 bits per heavy atom. The molecule has 0 aliphatic rings. The van der Waals surface area contributed by atoms with Crippen LogP contribution in [0.5, 0.6) is 0 Å². The molecule has 0 bridgehead atoms. The maximum Gasteiger partial charge on any atom is 0.252 e. The van der Waals surface area contributed by atoms with Crippen molar-refractivity contribution in [3.8, 4) is 21.8 Å². The topological polar surface area (TPSA) is 85.8 Å². The Balaban J connectivity index is 1.51. The van der Waals surface area contributed by atoms with Crippen LogP contribution in [0.1, 0.15) is 32.9 Å². The minimum atomic E-state index is -0.129.